The van der Waals surface area contributed by atoms with Gasteiger partial charge in [0.05, 0.1) is 24.1 Å². The SMILES string of the molecule is CCc1nn(-c2ccc(C)cc2)c(OC)c1CN. The predicted octanol–water partition coefficient (Wildman–Crippen LogP) is 2.21. The standard InChI is InChI=1S/C14H19N3O/c1-4-13-12(9-15)14(18-3)17(16-13)11-7-5-10(2)6-8-11/h5-8H,4,9,15H2,1-3H3. The van der Waals surface area contributed by atoms with Crippen LogP contribution < -0.4 is 10.5 Å². The van der Waals surface area contributed by atoms with Gasteiger partial charge in [0.25, 0.3) is 0 Å². The molecule has 0 saturated carbocycles. The number of aromatic nitrogens is 2. The zero-order valence-electron chi connectivity index (χ0n) is 11.1. The van der Waals surface area contributed by atoms with E-state index < -0.39 is 0 Å². The molecule has 0 fully saturated rings. The van der Waals surface area contributed by atoms with Crippen molar-refractivity contribution in [2.75, 3.05) is 7.11 Å². The summed E-state index contributed by atoms with van der Waals surface area (Å²) in [5.74, 6) is 0.734. The molecule has 0 radical (unpaired) electrons. The van der Waals surface area contributed by atoms with Gasteiger partial charge < -0.3 is 10.5 Å². The van der Waals surface area contributed by atoms with Crippen molar-refractivity contribution in [3.63, 3.8) is 0 Å². The van der Waals surface area contributed by atoms with E-state index in [1.54, 1.807) is 7.11 Å². The van der Waals surface area contributed by atoms with Crippen molar-refractivity contribution in [1.82, 2.24) is 9.78 Å². The zero-order valence-corrected chi connectivity index (χ0v) is 11.1. The summed E-state index contributed by atoms with van der Waals surface area (Å²) in [4.78, 5) is 0. The molecule has 0 spiro atoms. The fraction of sp³-hybridized carbons (Fsp3) is 0.357. The van der Waals surface area contributed by atoms with Crippen LogP contribution in [0.2, 0.25) is 0 Å². The molecule has 0 amide bonds. The minimum absolute atomic E-state index is 0.443. The lowest BCUT2D eigenvalue weighted by Crippen LogP contribution is -2.03. The molecule has 0 aliphatic rings. The van der Waals surface area contributed by atoms with Gasteiger partial charge >= 0.3 is 0 Å². The van der Waals surface area contributed by atoms with Crippen molar-refractivity contribution in [3.05, 3.63) is 41.1 Å². The van der Waals surface area contributed by atoms with Gasteiger partial charge in [0, 0.05) is 6.54 Å². The number of methoxy groups -OCH3 is 1. The molecule has 96 valence electrons. The second-order valence-electron chi connectivity index (χ2n) is 4.24. The monoisotopic (exact) mass is 245 g/mol. The highest BCUT2D eigenvalue weighted by molar-refractivity contribution is 5.42. The van der Waals surface area contributed by atoms with Gasteiger partial charge in [-0.25, -0.2) is 4.68 Å². The molecule has 2 aromatic rings. The minimum Gasteiger partial charge on any atom is -0.481 e. The van der Waals surface area contributed by atoms with Gasteiger partial charge in [-0.3, -0.25) is 0 Å². The Balaban J connectivity index is 2.56. The lowest BCUT2D eigenvalue weighted by atomic mass is 10.2. The molecule has 0 aliphatic carbocycles. The number of aryl methyl sites for hydroxylation is 2. The smallest absolute Gasteiger partial charge is 0.221 e. The Morgan fingerprint density at radius 1 is 1.28 bits per heavy atom. The Bertz CT molecular complexity index is 529. The van der Waals surface area contributed by atoms with Crippen LogP contribution in [-0.4, -0.2) is 16.9 Å². The number of hydrogen-bond acceptors (Lipinski definition) is 3. The fourth-order valence-electron chi connectivity index (χ4n) is 2.04. The first kappa shape index (κ1) is 12.6. The van der Waals surface area contributed by atoms with Crippen LogP contribution in [0.3, 0.4) is 0 Å². The number of nitrogens with zero attached hydrogens (tertiary/aromatic N) is 2. The molecule has 0 aliphatic heterocycles. The zero-order chi connectivity index (χ0) is 13.1. The third-order valence-corrected chi connectivity index (χ3v) is 3.03. The van der Waals surface area contributed by atoms with Crippen LogP contribution in [-0.2, 0) is 13.0 Å². The summed E-state index contributed by atoms with van der Waals surface area (Å²) in [6.45, 7) is 4.57. The van der Waals surface area contributed by atoms with Crippen LogP contribution in [0.25, 0.3) is 5.69 Å². The maximum absolute atomic E-state index is 5.78. The second-order valence-corrected chi connectivity index (χ2v) is 4.24. The van der Waals surface area contributed by atoms with Crippen molar-refractivity contribution < 1.29 is 4.74 Å². The summed E-state index contributed by atoms with van der Waals surface area (Å²) in [7, 11) is 1.65. The Kier molecular flexibility index (Phi) is 3.67. The van der Waals surface area contributed by atoms with Crippen LogP contribution in [0, 0.1) is 6.92 Å². The molecule has 0 atom stereocenters. The number of rotatable bonds is 4. The molecular formula is C14H19N3O. The minimum atomic E-state index is 0.443. The van der Waals surface area contributed by atoms with Gasteiger partial charge in [0.1, 0.15) is 0 Å². The van der Waals surface area contributed by atoms with Crippen LogP contribution in [0.4, 0.5) is 0 Å². The van der Waals surface area contributed by atoms with Gasteiger partial charge in [-0.15, -0.1) is 0 Å². The van der Waals surface area contributed by atoms with E-state index in [1.807, 2.05) is 16.8 Å². The lowest BCUT2D eigenvalue weighted by molar-refractivity contribution is 0.379. The van der Waals surface area contributed by atoms with Crippen molar-refractivity contribution in [3.8, 4) is 11.6 Å². The average Bonchev–Trinajstić information content (AvgIpc) is 2.77. The number of benzene rings is 1. The van der Waals surface area contributed by atoms with E-state index in [2.05, 4.69) is 31.1 Å². The van der Waals surface area contributed by atoms with Crippen LogP contribution >= 0.6 is 0 Å². The van der Waals surface area contributed by atoms with E-state index in [4.69, 9.17) is 10.5 Å². The molecule has 2 rings (SSSR count). The van der Waals surface area contributed by atoms with Gasteiger partial charge in [-0.2, -0.15) is 5.10 Å². The van der Waals surface area contributed by atoms with E-state index in [-0.39, 0.29) is 0 Å². The Hall–Kier alpha value is -1.81. The molecule has 0 unspecified atom stereocenters. The fourth-order valence-corrected chi connectivity index (χ4v) is 2.04. The molecule has 1 heterocycles. The number of ether oxygens (including phenoxy) is 1. The summed E-state index contributed by atoms with van der Waals surface area (Å²) in [6, 6.07) is 8.18. The highest BCUT2D eigenvalue weighted by Crippen LogP contribution is 2.26. The van der Waals surface area contributed by atoms with E-state index >= 15 is 0 Å². The van der Waals surface area contributed by atoms with Crippen LogP contribution in [0.1, 0.15) is 23.7 Å². The molecule has 1 aromatic carbocycles. The van der Waals surface area contributed by atoms with Crippen molar-refractivity contribution >= 4 is 0 Å². The van der Waals surface area contributed by atoms with Crippen molar-refractivity contribution in [1.29, 1.82) is 0 Å². The van der Waals surface area contributed by atoms with Crippen LogP contribution in [0.15, 0.2) is 24.3 Å². The second kappa shape index (κ2) is 5.23. The molecule has 4 nitrogen and oxygen atoms in total. The largest absolute Gasteiger partial charge is 0.481 e. The first-order valence-corrected chi connectivity index (χ1v) is 6.13. The Labute approximate surface area is 107 Å². The summed E-state index contributed by atoms with van der Waals surface area (Å²) >= 11 is 0. The summed E-state index contributed by atoms with van der Waals surface area (Å²) in [6.07, 6.45) is 0.849. The van der Waals surface area contributed by atoms with Gasteiger partial charge in [-0.05, 0) is 25.5 Å². The first-order chi connectivity index (χ1) is 8.71. The molecular weight excluding hydrogens is 226 g/mol. The summed E-state index contributed by atoms with van der Waals surface area (Å²) in [5.41, 5.74) is 9.98. The van der Waals surface area contributed by atoms with E-state index in [0.717, 1.165) is 29.2 Å². The Morgan fingerprint density at radius 3 is 2.44 bits per heavy atom. The lowest BCUT2D eigenvalue weighted by Gasteiger charge is -2.07. The highest BCUT2D eigenvalue weighted by Gasteiger charge is 2.17. The first-order valence-electron chi connectivity index (χ1n) is 6.13. The number of hydrogen-bond donors (Lipinski definition) is 1. The quantitative estimate of drug-likeness (QED) is 0.898. The van der Waals surface area contributed by atoms with Crippen molar-refractivity contribution in [2.24, 2.45) is 5.73 Å². The van der Waals surface area contributed by atoms with E-state index in [0.29, 0.717) is 6.54 Å². The van der Waals surface area contributed by atoms with Gasteiger partial charge in [-0.1, -0.05) is 24.6 Å². The molecule has 0 saturated heterocycles. The molecule has 4 heteroatoms. The number of nitrogens with two attached hydrogens (primary N) is 1. The predicted molar refractivity (Wildman–Crippen MR) is 72.1 cm³/mol. The van der Waals surface area contributed by atoms with E-state index in [1.165, 1.54) is 5.56 Å². The highest BCUT2D eigenvalue weighted by atomic mass is 16.5. The summed E-state index contributed by atoms with van der Waals surface area (Å²) < 4.78 is 7.27. The maximum atomic E-state index is 5.78. The van der Waals surface area contributed by atoms with E-state index in [9.17, 15) is 0 Å². The molecule has 1 aromatic heterocycles. The van der Waals surface area contributed by atoms with Gasteiger partial charge in [0.15, 0.2) is 0 Å². The molecule has 2 N–H and O–H groups in total. The molecule has 18 heavy (non-hydrogen) atoms. The Morgan fingerprint density at radius 2 is 1.94 bits per heavy atom. The average molecular weight is 245 g/mol. The molecule has 0 bridgehead atoms. The summed E-state index contributed by atoms with van der Waals surface area (Å²) in [5, 5.41) is 4.58. The van der Waals surface area contributed by atoms with Crippen molar-refractivity contribution in [2.45, 2.75) is 26.8 Å². The topological polar surface area (TPSA) is 53.1 Å². The third-order valence-electron chi connectivity index (χ3n) is 3.03. The maximum Gasteiger partial charge on any atom is 0.221 e. The third kappa shape index (κ3) is 2.11. The van der Waals surface area contributed by atoms with Crippen LogP contribution in [0.5, 0.6) is 5.88 Å². The van der Waals surface area contributed by atoms with Gasteiger partial charge in [0.2, 0.25) is 5.88 Å². The normalized spacial score (nSPS) is 10.7.